The van der Waals surface area contributed by atoms with Crippen molar-refractivity contribution in [2.45, 2.75) is 25.3 Å². The van der Waals surface area contributed by atoms with E-state index < -0.39 is 0 Å². The van der Waals surface area contributed by atoms with Crippen molar-refractivity contribution in [3.8, 4) is 16.9 Å². The Kier molecular flexibility index (Phi) is 6.28. The first kappa shape index (κ1) is 20.1. The van der Waals surface area contributed by atoms with Crippen LogP contribution in [0.5, 0.6) is 5.75 Å². The molecule has 0 aliphatic rings. The van der Waals surface area contributed by atoms with Gasteiger partial charge in [-0.3, -0.25) is 0 Å². The predicted octanol–water partition coefficient (Wildman–Crippen LogP) is 6.76. The van der Waals surface area contributed by atoms with Gasteiger partial charge in [-0.1, -0.05) is 52.3 Å². The Morgan fingerprint density at radius 3 is 2.38 bits per heavy atom. The van der Waals surface area contributed by atoms with Crippen LogP contribution in [-0.2, 0) is 6.42 Å². The van der Waals surface area contributed by atoms with E-state index in [-0.39, 0.29) is 6.04 Å². The minimum absolute atomic E-state index is 0.0309. The second-order valence-electron chi connectivity index (χ2n) is 7.13. The van der Waals surface area contributed by atoms with Gasteiger partial charge in [0.1, 0.15) is 5.75 Å². The number of nitrogens with two attached hydrogens (primary N) is 1. The molecular formula is C24H23BrN2OS. The van der Waals surface area contributed by atoms with Gasteiger partial charge in [-0.15, -0.1) is 0 Å². The van der Waals surface area contributed by atoms with Crippen LogP contribution < -0.4 is 10.5 Å². The highest BCUT2D eigenvalue weighted by Gasteiger charge is 2.14. The summed E-state index contributed by atoms with van der Waals surface area (Å²) in [5.41, 5.74) is 11.2. The van der Waals surface area contributed by atoms with Gasteiger partial charge in [-0.05, 0) is 77.8 Å². The van der Waals surface area contributed by atoms with Crippen molar-refractivity contribution in [1.29, 1.82) is 0 Å². The second kappa shape index (κ2) is 9.08. The summed E-state index contributed by atoms with van der Waals surface area (Å²) in [6.45, 7) is 0. The first-order valence-electron chi connectivity index (χ1n) is 9.68. The van der Waals surface area contributed by atoms with Crippen molar-refractivity contribution >= 4 is 37.5 Å². The summed E-state index contributed by atoms with van der Waals surface area (Å²) in [7, 11) is 1.69. The Bertz CT molecular complexity index is 1090. The lowest BCUT2D eigenvalue weighted by molar-refractivity contribution is 0.415. The van der Waals surface area contributed by atoms with E-state index in [1.807, 2.05) is 18.2 Å². The lowest BCUT2D eigenvalue weighted by Crippen LogP contribution is -2.11. The lowest BCUT2D eigenvalue weighted by atomic mass is 9.99. The van der Waals surface area contributed by atoms with Crippen LogP contribution in [0, 0.1) is 0 Å². The SMILES string of the molecule is COc1ccc(-c2ccc(CCCC(N)c3nsc4ccc(Br)cc34)cc2)cc1. The van der Waals surface area contributed by atoms with Gasteiger partial charge in [-0.25, -0.2) is 0 Å². The Morgan fingerprint density at radius 2 is 1.69 bits per heavy atom. The summed E-state index contributed by atoms with van der Waals surface area (Å²) in [4.78, 5) is 0. The van der Waals surface area contributed by atoms with E-state index in [1.165, 1.54) is 38.3 Å². The molecule has 1 unspecified atom stereocenters. The average molecular weight is 467 g/mol. The Balaban J connectivity index is 1.35. The Hall–Kier alpha value is -2.21. The fourth-order valence-corrected chi connectivity index (χ4v) is 4.69. The third-order valence-electron chi connectivity index (χ3n) is 5.17. The first-order chi connectivity index (χ1) is 14.1. The third-order valence-corrected chi connectivity index (χ3v) is 6.50. The summed E-state index contributed by atoms with van der Waals surface area (Å²) in [5.74, 6) is 0.877. The van der Waals surface area contributed by atoms with E-state index in [4.69, 9.17) is 10.5 Å². The number of hydrogen-bond acceptors (Lipinski definition) is 4. The summed E-state index contributed by atoms with van der Waals surface area (Å²) in [6, 6.07) is 23.2. The number of aromatic nitrogens is 1. The van der Waals surface area contributed by atoms with E-state index in [0.29, 0.717) is 0 Å². The van der Waals surface area contributed by atoms with E-state index in [1.54, 1.807) is 7.11 Å². The predicted molar refractivity (Wildman–Crippen MR) is 126 cm³/mol. The van der Waals surface area contributed by atoms with Crippen molar-refractivity contribution in [2.75, 3.05) is 7.11 Å². The van der Waals surface area contributed by atoms with Gasteiger partial charge in [-0.2, -0.15) is 4.37 Å². The number of rotatable bonds is 7. The maximum absolute atomic E-state index is 6.46. The molecule has 4 aromatic rings. The van der Waals surface area contributed by atoms with Crippen LogP contribution in [0.1, 0.15) is 30.1 Å². The van der Waals surface area contributed by atoms with Crippen LogP contribution in [0.2, 0.25) is 0 Å². The fourth-order valence-electron chi connectivity index (χ4n) is 3.51. The standard InChI is InChI=1S/C24H23BrN2OS/c1-28-20-12-9-18(10-13-20)17-7-5-16(6-8-17)3-2-4-22(26)24-21-15-19(25)11-14-23(21)29-27-24/h5-15,22H,2-4,26H2,1H3. The molecule has 0 fully saturated rings. The Labute approximate surface area is 183 Å². The molecule has 148 valence electrons. The van der Waals surface area contributed by atoms with E-state index >= 15 is 0 Å². The number of hydrogen-bond donors (Lipinski definition) is 1. The van der Waals surface area contributed by atoms with Gasteiger partial charge >= 0.3 is 0 Å². The number of halogens is 1. The fraction of sp³-hybridized carbons (Fsp3) is 0.208. The van der Waals surface area contributed by atoms with E-state index in [9.17, 15) is 0 Å². The molecule has 0 amide bonds. The zero-order chi connectivity index (χ0) is 20.2. The minimum atomic E-state index is -0.0309. The molecule has 1 atom stereocenters. The van der Waals surface area contributed by atoms with Crippen molar-refractivity contribution in [1.82, 2.24) is 4.37 Å². The van der Waals surface area contributed by atoms with Crippen LogP contribution in [0.4, 0.5) is 0 Å². The van der Waals surface area contributed by atoms with Gasteiger partial charge in [0.15, 0.2) is 0 Å². The molecule has 0 saturated carbocycles. The van der Waals surface area contributed by atoms with Crippen molar-refractivity contribution in [3.05, 3.63) is 82.5 Å². The van der Waals surface area contributed by atoms with Crippen molar-refractivity contribution in [3.63, 3.8) is 0 Å². The highest BCUT2D eigenvalue weighted by Crippen LogP contribution is 2.31. The molecule has 29 heavy (non-hydrogen) atoms. The minimum Gasteiger partial charge on any atom is -0.497 e. The maximum atomic E-state index is 6.46. The molecule has 4 rings (SSSR count). The monoisotopic (exact) mass is 466 g/mol. The molecule has 0 radical (unpaired) electrons. The molecule has 1 heterocycles. The molecule has 2 N–H and O–H groups in total. The number of benzene rings is 3. The van der Waals surface area contributed by atoms with Crippen LogP contribution in [0.3, 0.4) is 0 Å². The zero-order valence-corrected chi connectivity index (χ0v) is 18.7. The number of fused-ring (bicyclic) bond motifs is 1. The molecule has 0 spiro atoms. The molecule has 3 aromatic carbocycles. The zero-order valence-electron chi connectivity index (χ0n) is 16.3. The number of methoxy groups -OCH3 is 1. The highest BCUT2D eigenvalue weighted by molar-refractivity contribution is 9.10. The lowest BCUT2D eigenvalue weighted by Gasteiger charge is -2.10. The van der Waals surface area contributed by atoms with Gasteiger partial charge in [0.05, 0.1) is 17.5 Å². The second-order valence-corrected chi connectivity index (χ2v) is 8.85. The highest BCUT2D eigenvalue weighted by atomic mass is 79.9. The van der Waals surface area contributed by atoms with Crippen molar-refractivity contribution in [2.24, 2.45) is 5.73 Å². The smallest absolute Gasteiger partial charge is 0.118 e. The number of ether oxygens (including phenoxy) is 1. The normalized spacial score (nSPS) is 12.2. The molecule has 0 aliphatic heterocycles. The number of aryl methyl sites for hydroxylation is 1. The van der Waals surface area contributed by atoms with Gasteiger partial charge in [0, 0.05) is 15.9 Å². The largest absolute Gasteiger partial charge is 0.497 e. The van der Waals surface area contributed by atoms with Gasteiger partial charge in [0.25, 0.3) is 0 Å². The van der Waals surface area contributed by atoms with Gasteiger partial charge in [0.2, 0.25) is 0 Å². The van der Waals surface area contributed by atoms with Gasteiger partial charge < -0.3 is 10.5 Å². The maximum Gasteiger partial charge on any atom is 0.118 e. The Morgan fingerprint density at radius 1 is 1.00 bits per heavy atom. The molecule has 0 saturated heterocycles. The van der Waals surface area contributed by atoms with Crippen LogP contribution in [0.25, 0.3) is 21.2 Å². The quantitative estimate of drug-likeness (QED) is 0.327. The average Bonchev–Trinajstić information content (AvgIpc) is 3.17. The first-order valence-corrected chi connectivity index (χ1v) is 11.2. The van der Waals surface area contributed by atoms with E-state index in [2.05, 4.69) is 68.8 Å². The molecule has 3 nitrogen and oxygen atoms in total. The molecule has 0 bridgehead atoms. The summed E-state index contributed by atoms with van der Waals surface area (Å²) >= 11 is 5.07. The molecule has 0 aliphatic carbocycles. The summed E-state index contributed by atoms with van der Waals surface area (Å²) in [6.07, 6.45) is 2.98. The van der Waals surface area contributed by atoms with Crippen LogP contribution >= 0.6 is 27.5 Å². The molecule has 1 aromatic heterocycles. The summed E-state index contributed by atoms with van der Waals surface area (Å²) in [5, 5.41) is 1.17. The number of nitrogens with zero attached hydrogens (tertiary/aromatic N) is 1. The van der Waals surface area contributed by atoms with Crippen LogP contribution in [-0.4, -0.2) is 11.5 Å². The van der Waals surface area contributed by atoms with Crippen molar-refractivity contribution < 1.29 is 4.74 Å². The topological polar surface area (TPSA) is 48.1 Å². The summed E-state index contributed by atoms with van der Waals surface area (Å²) < 4.78 is 12.1. The third kappa shape index (κ3) is 4.69. The molecule has 5 heteroatoms. The molecular weight excluding hydrogens is 444 g/mol. The van der Waals surface area contributed by atoms with E-state index in [0.717, 1.165) is 35.2 Å². The van der Waals surface area contributed by atoms with Crippen LogP contribution in [0.15, 0.2) is 71.2 Å².